The summed E-state index contributed by atoms with van der Waals surface area (Å²) in [7, 11) is 1.30. The third-order valence-corrected chi connectivity index (χ3v) is 6.51. The van der Waals surface area contributed by atoms with Gasteiger partial charge in [-0.1, -0.05) is 47.7 Å². The molecule has 0 spiro atoms. The normalized spacial score (nSPS) is 24.3. The minimum atomic E-state index is -1.22. The Bertz CT molecular complexity index is 1360. The maximum atomic E-state index is 14.1. The molecule has 0 unspecified atom stereocenters. The van der Waals surface area contributed by atoms with Gasteiger partial charge in [0, 0.05) is 11.1 Å². The van der Waals surface area contributed by atoms with Gasteiger partial charge in [0.25, 0.3) is 5.56 Å². The highest BCUT2D eigenvalue weighted by Crippen LogP contribution is 2.47. The lowest BCUT2D eigenvalue weighted by Gasteiger charge is -2.44. The largest absolute Gasteiger partial charge is 0.469 e. The molecule has 6 nitrogen and oxygen atoms in total. The van der Waals surface area contributed by atoms with E-state index in [9.17, 15) is 14.0 Å². The molecule has 8 heteroatoms. The Morgan fingerprint density at radius 3 is 2.77 bits per heavy atom. The number of hydrogen-bond donors (Lipinski definition) is 0. The quantitative estimate of drug-likeness (QED) is 0.590. The topological polar surface area (TPSA) is 69.9 Å². The fraction of sp³-hybridized carbons (Fsp3) is 0.227. The Morgan fingerprint density at radius 1 is 1.27 bits per heavy atom. The minimum absolute atomic E-state index is 0.309. The number of nitrogens with zero attached hydrogens (tertiary/aromatic N) is 2. The summed E-state index contributed by atoms with van der Waals surface area (Å²) in [5.74, 6) is -1.20. The molecule has 2 aliphatic rings. The van der Waals surface area contributed by atoms with E-state index in [-0.39, 0.29) is 5.56 Å². The number of ether oxygens (including phenoxy) is 2. The van der Waals surface area contributed by atoms with Crippen molar-refractivity contribution in [3.05, 3.63) is 85.2 Å². The molecule has 0 radical (unpaired) electrons. The minimum Gasteiger partial charge on any atom is -0.469 e. The van der Waals surface area contributed by atoms with Gasteiger partial charge >= 0.3 is 5.97 Å². The van der Waals surface area contributed by atoms with Crippen molar-refractivity contribution in [3.8, 4) is 5.75 Å². The second-order valence-electron chi connectivity index (χ2n) is 7.34. The monoisotopic (exact) mass is 424 g/mol. The average Bonchev–Trinajstić information content (AvgIpc) is 3.02. The lowest BCUT2D eigenvalue weighted by atomic mass is 9.81. The third-order valence-electron chi connectivity index (χ3n) is 5.53. The summed E-state index contributed by atoms with van der Waals surface area (Å²) in [4.78, 5) is 31.2. The first-order chi connectivity index (χ1) is 14.4. The van der Waals surface area contributed by atoms with E-state index in [2.05, 4.69) is 4.99 Å². The number of methoxy groups -OCH3 is 1. The predicted molar refractivity (Wildman–Crippen MR) is 108 cm³/mol. The molecule has 0 saturated carbocycles. The maximum Gasteiger partial charge on any atom is 0.317 e. The van der Waals surface area contributed by atoms with Crippen molar-refractivity contribution >= 4 is 23.4 Å². The fourth-order valence-electron chi connectivity index (χ4n) is 4.16. The highest BCUT2D eigenvalue weighted by molar-refractivity contribution is 7.07. The molecule has 0 N–H and O–H groups in total. The van der Waals surface area contributed by atoms with E-state index in [1.54, 1.807) is 31.2 Å². The van der Waals surface area contributed by atoms with Gasteiger partial charge in [-0.05, 0) is 25.1 Å². The molecule has 3 aromatic rings. The van der Waals surface area contributed by atoms with Crippen LogP contribution in [0.2, 0.25) is 0 Å². The number of fused-ring (bicyclic) bond motifs is 6. The van der Waals surface area contributed by atoms with Gasteiger partial charge in [-0.15, -0.1) is 0 Å². The molecule has 0 amide bonds. The Kier molecular flexibility index (Phi) is 4.14. The lowest BCUT2D eigenvalue weighted by Crippen LogP contribution is -2.58. The zero-order valence-electron chi connectivity index (χ0n) is 16.2. The van der Waals surface area contributed by atoms with Gasteiger partial charge in [0.2, 0.25) is 5.72 Å². The van der Waals surface area contributed by atoms with Crippen molar-refractivity contribution in [2.24, 2.45) is 10.9 Å². The van der Waals surface area contributed by atoms with E-state index in [0.29, 0.717) is 26.2 Å². The van der Waals surface area contributed by atoms with E-state index in [1.807, 2.05) is 18.2 Å². The Balaban J connectivity index is 1.81. The van der Waals surface area contributed by atoms with Crippen molar-refractivity contribution in [2.75, 3.05) is 7.11 Å². The van der Waals surface area contributed by atoms with Gasteiger partial charge in [-0.25, -0.2) is 9.38 Å². The zero-order valence-corrected chi connectivity index (χ0v) is 17.0. The second kappa shape index (κ2) is 6.63. The van der Waals surface area contributed by atoms with Gasteiger partial charge in [0.1, 0.15) is 17.5 Å². The molecular formula is C22H17FN2O4S. The molecule has 3 atom stereocenters. The van der Waals surface area contributed by atoms with Crippen LogP contribution < -0.4 is 19.6 Å². The first-order valence-electron chi connectivity index (χ1n) is 9.36. The van der Waals surface area contributed by atoms with Gasteiger partial charge in [-0.2, -0.15) is 0 Å². The molecule has 0 fully saturated rings. The maximum absolute atomic E-state index is 14.1. The predicted octanol–water partition coefficient (Wildman–Crippen LogP) is 2.00. The molecular weight excluding hydrogens is 407 g/mol. The number of aromatic nitrogens is 1. The summed E-state index contributed by atoms with van der Waals surface area (Å²) < 4.78 is 27.1. The van der Waals surface area contributed by atoms with E-state index in [1.165, 1.54) is 23.8 Å². The third kappa shape index (κ3) is 2.64. The molecule has 30 heavy (non-hydrogen) atoms. The van der Waals surface area contributed by atoms with E-state index >= 15 is 0 Å². The van der Waals surface area contributed by atoms with Crippen molar-refractivity contribution in [2.45, 2.75) is 18.7 Å². The van der Waals surface area contributed by atoms with Crippen molar-refractivity contribution in [1.82, 2.24) is 4.57 Å². The number of carbonyl (C=O) groups is 1. The van der Waals surface area contributed by atoms with Crippen LogP contribution in [0.25, 0.3) is 6.08 Å². The SMILES string of the molecule is COC(=O)[C@@H]1[C@H]2c3ccccc3O[C@@]1(C)N=c1s/c(=C\c3ccccc3F)c(=O)n12. The van der Waals surface area contributed by atoms with E-state index in [0.717, 1.165) is 11.3 Å². The number of benzene rings is 2. The molecule has 1 aromatic heterocycles. The molecule has 5 rings (SSSR count). The van der Waals surface area contributed by atoms with Crippen LogP contribution in [-0.2, 0) is 9.53 Å². The van der Waals surface area contributed by atoms with Gasteiger partial charge in [0.15, 0.2) is 4.80 Å². The molecule has 2 bridgehead atoms. The molecule has 0 aliphatic carbocycles. The number of carbonyl (C=O) groups excluding carboxylic acids is 1. The van der Waals surface area contributed by atoms with Crippen LogP contribution in [0.4, 0.5) is 4.39 Å². The molecule has 0 saturated heterocycles. The van der Waals surface area contributed by atoms with Crippen molar-refractivity contribution in [3.63, 3.8) is 0 Å². The van der Waals surface area contributed by atoms with Crippen LogP contribution in [0.1, 0.15) is 24.1 Å². The van der Waals surface area contributed by atoms with Crippen LogP contribution >= 0.6 is 11.3 Å². The lowest BCUT2D eigenvalue weighted by molar-refractivity contribution is -0.158. The van der Waals surface area contributed by atoms with Crippen LogP contribution in [0.3, 0.4) is 0 Å². The van der Waals surface area contributed by atoms with Crippen LogP contribution in [0.5, 0.6) is 5.75 Å². The van der Waals surface area contributed by atoms with Crippen LogP contribution in [0.15, 0.2) is 58.3 Å². The summed E-state index contributed by atoms with van der Waals surface area (Å²) in [6.07, 6.45) is 1.51. The van der Waals surface area contributed by atoms with Crippen molar-refractivity contribution in [1.29, 1.82) is 0 Å². The smallest absolute Gasteiger partial charge is 0.317 e. The van der Waals surface area contributed by atoms with Crippen LogP contribution in [0, 0.1) is 11.7 Å². The van der Waals surface area contributed by atoms with E-state index < -0.39 is 29.5 Å². The zero-order chi connectivity index (χ0) is 21.0. The molecule has 3 heterocycles. The number of thiazole rings is 1. The summed E-state index contributed by atoms with van der Waals surface area (Å²) in [5, 5.41) is 0. The second-order valence-corrected chi connectivity index (χ2v) is 8.35. The van der Waals surface area contributed by atoms with Gasteiger partial charge in [0.05, 0.1) is 17.7 Å². The summed E-state index contributed by atoms with van der Waals surface area (Å²) in [6.45, 7) is 1.71. The number of hydrogen-bond acceptors (Lipinski definition) is 6. The first kappa shape index (κ1) is 18.7. The fourth-order valence-corrected chi connectivity index (χ4v) is 5.25. The van der Waals surface area contributed by atoms with Crippen molar-refractivity contribution < 1.29 is 18.7 Å². The molecule has 2 aromatic carbocycles. The highest BCUT2D eigenvalue weighted by atomic mass is 32.1. The number of esters is 1. The van der Waals surface area contributed by atoms with Crippen LogP contribution in [-0.4, -0.2) is 23.4 Å². The first-order valence-corrected chi connectivity index (χ1v) is 10.2. The summed E-state index contributed by atoms with van der Waals surface area (Å²) >= 11 is 1.15. The Morgan fingerprint density at radius 2 is 2.00 bits per heavy atom. The Hall–Kier alpha value is -3.26. The Labute approximate surface area is 174 Å². The van der Waals surface area contributed by atoms with E-state index in [4.69, 9.17) is 9.47 Å². The van der Waals surface area contributed by atoms with Gasteiger partial charge < -0.3 is 9.47 Å². The molecule has 152 valence electrons. The standard InChI is InChI=1S/C22H17FN2O4S/c1-22-17(20(27)28-2)18(13-8-4-6-10-15(13)29-22)25-19(26)16(30-21(25)24-22)11-12-7-3-5-9-14(12)23/h3-11,17-18H,1-2H3/b16-11-/t17-,18+,22+/m0/s1. The molecule has 2 aliphatic heterocycles. The number of para-hydroxylation sites is 1. The summed E-state index contributed by atoms with van der Waals surface area (Å²) in [6, 6.07) is 12.9. The number of halogens is 1. The number of rotatable bonds is 2. The summed E-state index contributed by atoms with van der Waals surface area (Å²) in [5.41, 5.74) is -0.541. The van der Waals surface area contributed by atoms with Gasteiger partial charge in [-0.3, -0.25) is 14.2 Å². The average molecular weight is 424 g/mol. The highest BCUT2D eigenvalue weighted by Gasteiger charge is 2.55.